The van der Waals surface area contributed by atoms with Gasteiger partial charge in [0.2, 0.25) is 0 Å². The van der Waals surface area contributed by atoms with Crippen molar-refractivity contribution >= 4 is 5.97 Å². The van der Waals surface area contributed by atoms with E-state index in [2.05, 4.69) is 34.5 Å². The van der Waals surface area contributed by atoms with Crippen LogP contribution in [-0.4, -0.2) is 41.7 Å². The molecule has 1 atom stereocenters. The number of rotatable bonds is 6. The molecule has 1 saturated heterocycles. The molecule has 4 nitrogen and oxygen atoms in total. The molecule has 1 fully saturated rings. The second-order valence-electron chi connectivity index (χ2n) is 5.16. The first-order valence-electron chi connectivity index (χ1n) is 6.95. The van der Waals surface area contributed by atoms with Crippen LogP contribution in [0, 0.1) is 0 Å². The highest BCUT2D eigenvalue weighted by atomic mass is 16.4. The second kappa shape index (κ2) is 7.26. The predicted octanol–water partition coefficient (Wildman–Crippen LogP) is 1.72. The number of carboxylic acids is 1. The number of carbonyl (C=O) groups is 1. The van der Waals surface area contributed by atoms with E-state index in [1.807, 2.05) is 6.07 Å². The molecule has 4 heteroatoms. The van der Waals surface area contributed by atoms with Gasteiger partial charge in [-0.1, -0.05) is 30.3 Å². The van der Waals surface area contributed by atoms with Gasteiger partial charge in [0.25, 0.3) is 0 Å². The average molecular weight is 262 g/mol. The molecule has 0 bridgehead atoms. The molecule has 0 amide bonds. The monoisotopic (exact) mass is 262 g/mol. The lowest BCUT2D eigenvalue weighted by Crippen LogP contribution is -2.50. The lowest BCUT2D eigenvalue weighted by atomic mass is 10.1. The lowest BCUT2D eigenvalue weighted by molar-refractivity contribution is -0.137. The van der Waals surface area contributed by atoms with Crippen molar-refractivity contribution in [3.8, 4) is 0 Å². The fourth-order valence-electron chi connectivity index (χ4n) is 2.57. The van der Waals surface area contributed by atoms with Crippen LogP contribution in [0.25, 0.3) is 0 Å². The van der Waals surface area contributed by atoms with E-state index in [0.717, 1.165) is 39.0 Å². The molecule has 0 aromatic heterocycles. The highest BCUT2D eigenvalue weighted by Gasteiger charge is 2.19. The van der Waals surface area contributed by atoms with E-state index in [-0.39, 0.29) is 6.42 Å². The summed E-state index contributed by atoms with van der Waals surface area (Å²) in [4.78, 5) is 13.0. The molecule has 1 heterocycles. The van der Waals surface area contributed by atoms with Crippen LogP contribution in [0.4, 0.5) is 0 Å². The lowest BCUT2D eigenvalue weighted by Gasteiger charge is -2.33. The SMILES string of the molecule is O=C(O)CCCC1CN(Cc2ccccc2)CCN1. The van der Waals surface area contributed by atoms with E-state index >= 15 is 0 Å². The van der Waals surface area contributed by atoms with Crippen molar-refractivity contribution in [3.63, 3.8) is 0 Å². The van der Waals surface area contributed by atoms with Gasteiger partial charge in [-0.15, -0.1) is 0 Å². The van der Waals surface area contributed by atoms with E-state index in [9.17, 15) is 4.79 Å². The molecule has 1 aromatic carbocycles. The highest BCUT2D eigenvalue weighted by Crippen LogP contribution is 2.10. The molecule has 0 aliphatic carbocycles. The fourth-order valence-corrected chi connectivity index (χ4v) is 2.57. The first-order chi connectivity index (χ1) is 9.24. The number of aliphatic carboxylic acids is 1. The summed E-state index contributed by atoms with van der Waals surface area (Å²) in [6.45, 7) is 4.04. The Balaban J connectivity index is 1.75. The van der Waals surface area contributed by atoms with E-state index in [1.54, 1.807) is 0 Å². The Kier molecular flexibility index (Phi) is 5.36. The van der Waals surface area contributed by atoms with Crippen LogP contribution in [0.3, 0.4) is 0 Å². The van der Waals surface area contributed by atoms with Crippen molar-refractivity contribution in [2.75, 3.05) is 19.6 Å². The third kappa shape index (κ3) is 5.01. The van der Waals surface area contributed by atoms with Gasteiger partial charge in [0.05, 0.1) is 0 Å². The number of hydrogen-bond acceptors (Lipinski definition) is 3. The van der Waals surface area contributed by atoms with E-state index < -0.39 is 5.97 Å². The molecule has 0 spiro atoms. The zero-order valence-corrected chi connectivity index (χ0v) is 11.2. The molecule has 1 aliphatic heterocycles. The Morgan fingerprint density at radius 2 is 2.16 bits per heavy atom. The number of hydrogen-bond donors (Lipinski definition) is 2. The summed E-state index contributed by atoms with van der Waals surface area (Å²) in [5.41, 5.74) is 1.34. The van der Waals surface area contributed by atoms with Crippen LogP contribution < -0.4 is 5.32 Å². The van der Waals surface area contributed by atoms with Gasteiger partial charge in [-0.05, 0) is 18.4 Å². The fraction of sp³-hybridized carbons (Fsp3) is 0.533. The molecule has 1 unspecified atom stereocenters. The van der Waals surface area contributed by atoms with Crippen LogP contribution in [0.15, 0.2) is 30.3 Å². The molecular weight excluding hydrogens is 240 g/mol. The van der Waals surface area contributed by atoms with Crippen LogP contribution in [0.1, 0.15) is 24.8 Å². The van der Waals surface area contributed by atoms with Crippen molar-refractivity contribution in [1.29, 1.82) is 0 Å². The minimum atomic E-state index is -0.697. The van der Waals surface area contributed by atoms with Gasteiger partial charge in [-0.25, -0.2) is 0 Å². The van der Waals surface area contributed by atoms with E-state index in [1.165, 1.54) is 5.56 Å². The predicted molar refractivity (Wildman–Crippen MR) is 75.0 cm³/mol. The van der Waals surface area contributed by atoms with Crippen LogP contribution >= 0.6 is 0 Å². The Bertz CT molecular complexity index is 394. The summed E-state index contributed by atoms with van der Waals surface area (Å²) in [7, 11) is 0. The summed E-state index contributed by atoms with van der Waals surface area (Å²) in [6, 6.07) is 10.9. The van der Waals surface area contributed by atoms with Gasteiger partial charge in [-0.2, -0.15) is 0 Å². The topological polar surface area (TPSA) is 52.6 Å². The van der Waals surface area contributed by atoms with Gasteiger partial charge >= 0.3 is 5.97 Å². The minimum absolute atomic E-state index is 0.275. The molecule has 2 N–H and O–H groups in total. The Morgan fingerprint density at radius 3 is 2.89 bits per heavy atom. The molecule has 0 radical (unpaired) electrons. The second-order valence-corrected chi connectivity index (χ2v) is 5.16. The minimum Gasteiger partial charge on any atom is -0.481 e. The molecule has 19 heavy (non-hydrogen) atoms. The van der Waals surface area contributed by atoms with Crippen molar-refractivity contribution in [1.82, 2.24) is 10.2 Å². The van der Waals surface area contributed by atoms with Crippen LogP contribution in [-0.2, 0) is 11.3 Å². The van der Waals surface area contributed by atoms with Gasteiger partial charge in [-0.3, -0.25) is 9.69 Å². The molecule has 1 aliphatic rings. The molecular formula is C15H22N2O2. The highest BCUT2D eigenvalue weighted by molar-refractivity contribution is 5.66. The molecule has 104 valence electrons. The van der Waals surface area contributed by atoms with Crippen LogP contribution in [0.2, 0.25) is 0 Å². The maximum absolute atomic E-state index is 10.5. The first kappa shape index (κ1) is 14.0. The normalized spacial score (nSPS) is 20.3. The molecule has 2 rings (SSSR count). The zero-order chi connectivity index (χ0) is 13.5. The van der Waals surface area contributed by atoms with Gasteiger partial charge in [0, 0.05) is 38.6 Å². The maximum atomic E-state index is 10.5. The summed E-state index contributed by atoms with van der Waals surface area (Å²) in [5, 5.41) is 12.1. The number of nitrogens with zero attached hydrogens (tertiary/aromatic N) is 1. The van der Waals surface area contributed by atoms with Crippen molar-refractivity contribution in [2.45, 2.75) is 31.8 Å². The van der Waals surface area contributed by atoms with Crippen LogP contribution in [0.5, 0.6) is 0 Å². The van der Waals surface area contributed by atoms with Gasteiger partial charge in [0.1, 0.15) is 0 Å². The maximum Gasteiger partial charge on any atom is 0.303 e. The number of benzene rings is 1. The number of carboxylic acid groups (broad SMARTS) is 1. The van der Waals surface area contributed by atoms with Crippen molar-refractivity contribution in [3.05, 3.63) is 35.9 Å². The van der Waals surface area contributed by atoms with Gasteiger partial charge in [0.15, 0.2) is 0 Å². The quantitative estimate of drug-likeness (QED) is 0.819. The van der Waals surface area contributed by atoms with E-state index in [0.29, 0.717) is 6.04 Å². The van der Waals surface area contributed by atoms with Crippen molar-refractivity contribution in [2.24, 2.45) is 0 Å². The third-order valence-corrected chi connectivity index (χ3v) is 3.53. The van der Waals surface area contributed by atoms with Crippen molar-refractivity contribution < 1.29 is 9.90 Å². The Morgan fingerprint density at radius 1 is 1.37 bits per heavy atom. The first-order valence-corrected chi connectivity index (χ1v) is 6.95. The molecule has 1 aromatic rings. The van der Waals surface area contributed by atoms with E-state index in [4.69, 9.17) is 5.11 Å². The number of nitrogens with one attached hydrogen (secondary N) is 1. The Labute approximate surface area is 114 Å². The smallest absolute Gasteiger partial charge is 0.303 e. The largest absolute Gasteiger partial charge is 0.481 e. The average Bonchev–Trinajstić information content (AvgIpc) is 2.40. The zero-order valence-electron chi connectivity index (χ0n) is 11.2. The standard InChI is InChI=1S/C15H22N2O2/c18-15(19)8-4-7-14-12-17(10-9-16-14)11-13-5-2-1-3-6-13/h1-3,5-6,14,16H,4,7-12H2,(H,18,19). The summed E-state index contributed by atoms with van der Waals surface area (Å²) in [6.07, 6.45) is 1.97. The summed E-state index contributed by atoms with van der Waals surface area (Å²) in [5.74, 6) is -0.697. The van der Waals surface area contributed by atoms with Gasteiger partial charge < -0.3 is 10.4 Å². The molecule has 0 saturated carbocycles. The summed E-state index contributed by atoms with van der Waals surface area (Å²) < 4.78 is 0. The Hall–Kier alpha value is -1.39. The number of piperazine rings is 1. The third-order valence-electron chi connectivity index (χ3n) is 3.53. The summed E-state index contributed by atoms with van der Waals surface area (Å²) >= 11 is 0.